The summed E-state index contributed by atoms with van der Waals surface area (Å²) >= 11 is 0. The summed E-state index contributed by atoms with van der Waals surface area (Å²) in [7, 11) is 0. The highest BCUT2D eigenvalue weighted by Crippen LogP contribution is 2.36. The van der Waals surface area contributed by atoms with Crippen LogP contribution >= 0.6 is 0 Å². The summed E-state index contributed by atoms with van der Waals surface area (Å²) in [6, 6.07) is 5.36. The number of hydrogen-bond acceptors (Lipinski definition) is 2. The number of benzene rings is 1. The van der Waals surface area contributed by atoms with Gasteiger partial charge in [0.1, 0.15) is 5.82 Å². The van der Waals surface area contributed by atoms with Crippen LogP contribution in [0.15, 0.2) is 18.2 Å². The molecule has 3 heteroatoms. The van der Waals surface area contributed by atoms with E-state index in [0.717, 1.165) is 25.2 Å². The van der Waals surface area contributed by atoms with Gasteiger partial charge < -0.3 is 10.2 Å². The lowest BCUT2D eigenvalue weighted by molar-refractivity contribution is 0.418. The van der Waals surface area contributed by atoms with Crippen molar-refractivity contribution in [2.75, 3.05) is 24.5 Å². The molecule has 1 unspecified atom stereocenters. The van der Waals surface area contributed by atoms with E-state index in [0.29, 0.717) is 5.41 Å². The topological polar surface area (TPSA) is 15.3 Å². The average molecular weight is 264 g/mol. The number of nitrogens with zero attached hydrogens (tertiary/aromatic N) is 1. The molecule has 0 aromatic heterocycles. The van der Waals surface area contributed by atoms with Crippen LogP contribution in [0.5, 0.6) is 0 Å². The lowest BCUT2D eigenvalue weighted by Gasteiger charge is -2.26. The van der Waals surface area contributed by atoms with Crippen LogP contribution < -0.4 is 10.2 Å². The van der Waals surface area contributed by atoms with Crippen molar-refractivity contribution in [1.29, 1.82) is 0 Å². The van der Waals surface area contributed by atoms with Crippen LogP contribution in [0.2, 0.25) is 0 Å². The molecule has 19 heavy (non-hydrogen) atoms. The van der Waals surface area contributed by atoms with Crippen molar-refractivity contribution in [2.45, 2.75) is 40.2 Å². The normalized spacial score (nSPS) is 19.7. The molecule has 1 aliphatic heterocycles. The number of hydrogen-bond donors (Lipinski definition) is 1. The van der Waals surface area contributed by atoms with E-state index in [1.807, 2.05) is 6.07 Å². The molecule has 1 atom stereocenters. The van der Waals surface area contributed by atoms with Crippen LogP contribution in [0.4, 0.5) is 10.1 Å². The van der Waals surface area contributed by atoms with Crippen molar-refractivity contribution in [3.63, 3.8) is 0 Å². The van der Waals surface area contributed by atoms with Gasteiger partial charge >= 0.3 is 0 Å². The maximum absolute atomic E-state index is 13.5. The Morgan fingerprint density at radius 1 is 1.42 bits per heavy atom. The third-order valence-electron chi connectivity index (χ3n) is 3.98. The van der Waals surface area contributed by atoms with Gasteiger partial charge in [0, 0.05) is 24.8 Å². The molecular weight excluding hydrogens is 239 g/mol. The van der Waals surface area contributed by atoms with E-state index in [1.54, 1.807) is 12.1 Å². The monoisotopic (exact) mass is 264 g/mol. The fourth-order valence-corrected chi connectivity index (χ4v) is 2.89. The highest BCUT2D eigenvalue weighted by atomic mass is 19.1. The van der Waals surface area contributed by atoms with Gasteiger partial charge in [0.25, 0.3) is 0 Å². The fourth-order valence-electron chi connectivity index (χ4n) is 2.89. The Hall–Kier alpha value is -1.09. The molecule has 106 valence electrons. The Morgan fingerprint density at radius 2 is 2.16 bits per heavy atom. The summed E-state index contributed by atoms with van der Waals surface area (Å²) in [6.07, 6.45) is 1.19. The van der Waals surface area contributed by atoms with Crippen LogP contribution in [-0.2, 0) is 0 Å². The quantitative estimate of drug-likeness (QED) is 0.891. The molecule has 1 aliphatic rings. The van der Waals surface area contributed by atoms with Gasteiger partial charge in [-0.1, -0.05) is 20.8 Å². The van der Waals surface area contributed by atoms with Crippen molar-refractivity contribution >= 4 is 5.69 Å². The first-order valence-corrected chi connectivity index (χ1v) is 7.21. The first kappa shape index (κ1) is 14.3. The first-order chi connectivity index (χ1) is 8.93. The predicted octanol–water partition coefficient (Wildman–Crippen LogP) is 3.73. The molecule has 0 aliphatic carbocycles. The lowest BCUT2D eigenvalue weighted by Crippen LogP contribution is -2.26. The van der Waals surface area contributed by atoms with Gasteiger partial charge in [-0.15, -0.1) is 0 Å². The molecule has 0 amide bonds. The Balaban J connectivity index is 2.29. The van der Waals surface area contributed by atoms with Crippen LogP contribution in [0, 0.1) is 11.2 Å². The zero-order valence-electron chi connectivity index (χ0n) is 12.5. The van der Waals surface area contributed by atoms with Crippen LogP contribution in [-0.4, -0.2) is 19.6 Å². The molecule has 0 saturated carbocycles. The average Bonchev–Trinajstić information content (AvgIpc) is 2.70. The van der Waals surface area contributed by atoms with Crippen molar-refractivity contribution in [1.82, 2.24) is 5.32 Å². The molecule has 2 nitrogen and oxygen atoms in total. The molecule has 1 N–H and O–H groups in total. The highest BCUT2D eigenvalue weighted by Gasteiger charge is 2.30. The van der Waals surface area contributed by atoms with Crippen molar-refractivity contribution in [3.05, 3.63) is 29.6 Å². The largest absolute Gasteiger partial charge is 0.371 e. The Morgan fingerprint density at radius 3 is 2.74 bits per heavy atom. The van der Waals surface area contributed by atoms with Crippen molar-refractivity contribution < 1.29 is 4.39 Å². The minimum absolute atomic E-state index is 0.151. The molecule has 1 heterocycles. The zero-order chi connectivity index (χ0) is 14.0. The van der Waals surface area contributed by atoms with Crippen LogP contribution in [0.3, 0.4) is 0 Å². The maximum atomic E-state index is 13.5. The number of rotatable bonds is 4. The SMILES string of the molecule is CCNC(C)c1cc(F)ccc1N1CCC(C)(C)C1. The summed E-state index contributed by atoms with van der Waals surface area (Å²) in [5, 5.41) is 3.38. The fraction of sp³-hybridized carbons (Fsp3) is 0.625. The van der Waals surface area contributed by atoms with Gasteiger partial charge in [-0.2, -0.15) is 0 Å². The van der Waals surface area contributed by atoms with E-state index in [1.165, 1.54) is 12.1 Å². The number of halogens is 1. The smallest absolute Gasteiger partial charge is 0.123 e. The van der Waals surface area contributed by atoms with E-state index < -0.39 is 0 Å². The second-order valence-corrected chi connectivity index (χ2v) is 6.32. The summed E-state index contributed by atoms with van der Waals surface area (Å²) in [5.41, 5.74) is 2.60. The van der Waals surface area contributed by atoms with Gasteiger partial charge in [-0.3, -0.25) is 0 Å². The van der Waals surface area contributed by atoms with E-state index >= 15 is 0 Å². The highest BCUT2D eigenvalue weighted by molar-refractivity contribution is 5.56. The van der Waals surface area contributed by atoms with Gasteiger partial charge in [0.2, 0.25) is 0 Å². The lowest BCUT2D eigenvalue weighted by atomic mass is 9.93. The standard InChI is InChI=1S/C16H25FN2/c1-5-18-12(2)14-10-13(17)6-7-15(14)19-9-8-16(3,4)11-19/h6-7,10,12,18H,5,8-9,11H2,1-4H3. The predicted molar refractivity (Wildman–Crippen MR) is 79.1 cm³/mol. The second kappa shape index (κ2) is 5.49. The van der Waals surface area contributed by atoms with Crippen molar-refractivity contribution in [3.8, 4) is 0 Å². The molecule has 1 fully saturated rings. The molecule has 2 rings (SSSR count). The summed E-state index contributed by atoms with van der Waals surface area (Å²) in [5.74, 6) is -0.151. The van der Waals surface area contributed by atoms with E-state index in [9.17, 15) is 4.39 Å². The van der Waals surface area contributed by atoms with Gasteiger partial charge in [0.05, 0.1) is 0 Å². The molecule has 1 saturated heterocycles. The first-order valence-electron chi connectivity index (χ1n) is 7.21. The Labute approximate surface area is 116 Å². The third kappa shape index (κ3) is 3.27. The zero-order valence-corrected chi connectivity index (χ0v) is 12.5. The summed E-state index contributed by atoms with van der Waals surface area (Å²) in [6.45, 7) is 11.8. The van der Waals surface area contributed by atoms with E-state index in [-0.39, 0.29) is 11.9 Å². The maximum Gasteiger partial charge on any atom is 0.123 e. The summed E-state index contributed by atoms with van der Waals surface area (Å²) < 4.78 is 13.5. The van der Waals surface area contributed by atoms with E-state index in [4.69, 9.17) is 0 Å². The Kier molecular flexibility index (Phi) is 4.14. The van der Waals surface area contributed by atoms with Gasteiger partial charge in [0.15, 0.2) is 0 Å². The third-order valence-corrected chi connectivity index (χ3v) is 3.98. The molecule has 0 radical (unpaired) electrons. The van der Waals surface area contributed by atoms with Crippen LogP contribution in [0.25, 0.3) is 0 Å². The number of anilines is 1. The molecule has 0 spiro atoms. The number of nitrogens with one attached hydrogen (secondary N) is 1. The molecular formula is C16H25FN2. The van der Waals surface area contributed by atoms with E-state index in [2.05, 4.69) is 37.9 Å². The second-order valence-electron chi connectivity index (χ2n) is 6.32. The van der Waals surface area contributed by atoms with Crippen LogP contribution in [0.1, 0.15) is 45.7 Å². The van der Waals surface area contributed by atoms with Crippen molar-refractivity contribution in [2.24, 2.45) is 5.41 Å². The molecule has 1 aromatic carbocycles. The molecule has 0 bridgehead atoms. The van der Waals surface area contributed by atoms with Gasteiger partial charge in [-0.05, 0) is 49.1 Å². The Bertz CT molecular complexity index is 442. The summed E-state index contributed by atoms with van der Waals surface area (Å²) in [4.78, 5) is 2.39. The van der Waals surface area contributed by atoms with Gasteiger partial charge in [-0.25, -0.2) is 4.39 Å². The minimum Gasteiger partial charge on any atom is -0.371 e. The molecule has 1 aromatic rings. The minimum atomic E-state index is -0.151.